The molecule has 0 aliphatic carbocycles. The molecule has 1 aromatic heterocycles. The molecule has 0 saturated heterocycles. The molecule has 1 aromatic rings. The summed E-state index contributed by atoms with van der Waals surface area (Å²) in [5.41, 5.74) is 12.0. The number of aromatic amines is 1. The van der Waals surface area contributed by atoms with Gasteiger partial charge in [0, 0.05) is 50.9 Å². The minimum absolute atomic E-state index is 0.0511. The number of amides is 5. The highest BCUT2D eigenvalue weighted by Gasteiger charge is 2.23. The van der Waals surface area contributed by atoms with Crippen molar-refractivity contribution in [3.05, 3.63) is 18.2 Å². The standard InChI is InChI=1S/C53H98N10O14/c1-2-3-4-5-6-7-8-9-10-11-12-13-14-15-16-20-49(67)58-22-25-72-28-32-76-40-51(69)60-24-27-74-30-33-77-41-52(70)59-23-26-73-29-31-75-39-50(68)57-21-18-17-19-45(48(66)37-62-46(38-64)53(55)71)61-36-47(65)44(54)34-43-35-56-42-63-43/h35,42,44-46,61-62,64H,2-34,36-41,54H2,1H3,(H2,55,71)(H,56,63)(H,57,68)(H,58,67)(H,59,70)(H,60,69)/t44-,45-,46-/m0/s1. The summed E-state index contributed by atoms with van der Waals surface area (Å²) in [7, 11) is 0. The molecule has 0 aromatic carbocycles. The molecule has 24 nitrogen and oxygen atoms in total. The number of aromatic nitrogens is 2. The number of H-pyrrole nitrogens is 1. The van der Waals surface area contributed by atoms with Gasteiger partial charge in [0.05, 0.1) is 97.6 Å². The fraction of sp³-hybridized carbons (Fsp3) is 0.811. The molecule has 12 N–H and O–H groups in total. The zero-order valence-electron chi connectivity index (χ0n) is 46.3. The van der Waals surface area contributed by atoms with Crippen LogP contribution in [0.1, 0.15) is 135 Å². The van der Waals surface area contributed by atoms with E-state index in [1.807, 2.05) is 0 Å². The molecular formula is C53H98N10O14. The third kappa shape index (κ3) is 44.1. The maximum Gasteiger partial charge on any atom is 0.246 e. The van der Waals surface area contributed by atoms with Crippen LogP contribution in [-0.2, 0) is 68.4 Å². The number of ketones is 2. The number of nitrogens with two attached hydrogens (primary N) is 2. The van der Waals surface area contributed by atoms with Gasteiger partial charge in [-0.15, -0.1) is 0 Å². The molecule has 24 heteroatoms. The van der Waals surface area contributed by atoms with Crippen molar-refractivity contribution >= 4 is 41.1 Å². The maximum absolute atomic E-state index is 13.0. The van der Waals surface area contributed by atoms with E-state index in [2.05, 4.69) is 48.8 Å². The number of aliphatic hydroxyl groups excluding tert-OH is 1. The summed E-state index contributed by atoms with van der Waals surface area (Å²) in [4.78, 5) is 92.2. The van der Waals surface area contributed by atoms with Gasteiger partial charge in [0.2, 0.25) is 29.5 Å². The van der Waals surface area contributed by atoms with E-state index in [9.17, 15) is 38.7 Å². The molecule has 1 rings (SSSR count). The molecule has 0 aliphatic rings. The van der Waals surface area contributed by atoms with Crippen molar-refractivity contribution in [2.45, 2.75) is 153 Å². The van der Waals surface area contributed by atoms with Crippen LogP contribution in [0.15, 0.2) is 12.5 Å². The first-order valence-corrected chi connectivity index (χ1v) is 28.1. The van der Waals surface area contributed by atoms with Gasteiger partial charge in [0.25, 0.3) is 0 Å². The van der Waals surface area contributed by atoms with Crippen LogP contribution in [0.5, 0.6) is 0 Å². The molecule has 0 bridgehead atoms. The van der Waals surface area contributed by atoms with Crippen LogP contribution in [0.3, 0.4) is 0 Å². The Morgan fingerprint density at radius 1 is 0.532 bits per heavy atom. The minimum atomic E-state index is -1.10. The van der Waals surface area contributed by atoms with E-state index >= 15 is 0 Å². The first-order chi connectivity index (χ1) is 37.5. The van der Waals surface area contributed by atoms with Gasteiger partial charge in [-0.2, -0.15) is 0 Å². The number of nitrogens with zero attached hydrogens (tertiary/aromatic N) is 1. The number of hydrogen-bond donors (Lipinski definition) is 10. The quantitative estimate of drug-likeness (QED) is 0.0404. The Labute approximate surface area is 457 Å². The predicted octanol–water partition coefficient (Wildman–Crippen LogP) is 0.808. The number of rotatable bonds is 57. The van der Waals surface area contributed by atoms with Crippen LogP contribution in [0.2, 0.25) is 0 Å². The van der Waals surface area contributed by atoms with Gasteiger partial charge < -0.3 is 76.6 Å². The maximum atomic E-state index is 13.0. The summed E-state index contributed by atoms with van der Waals surface area (Å²) in [5, 5.41) is 25.9. The van der Waals surface area contributed by atoms with E-state index in [4.69, 9.17) is 39.9 Å². The fourth-order valence-electron chi connectivity index (χ4n) is 7.62. The van der Waals surface area contributed by atoms with Gasteiger partial charge in [-0.25, -0.2) is 4.98 Å². The third-order valence-corrected chi connectivity index (χ3v) is 12.1. The number of ether oxygens (including phenoxy) is 6. The Morgan fingerprint density at radius 3 is 1.42 bits per heavy atom. The van der Waals surface area contributed by atoms with Crippen LogP contribution in [0.25, 0.3) is 0 Å². The van der Waals surface area contributed by atoms with E-state index in [1.54, 1.807) is 6.20 Å². The highest BCUT2D eigenvalue weighted by Crippen LogP contribution is 2.14. The predicted molar refractivity (Wildman–Crippen MR) is 290 cm³/mol. The summed E-state index contributed by atoms with van der Waals surface area (Å²) < 4.78 is 32.3. The van der Waals surface area contributed by atoms with E-state index in [1.165, 1.54) is 89.8 Å². The van der Waals surface area contributed by atoms with Crippen molar-refractivity contribution in [2.75, 3.05) is 125 Å². The van der Waals surface area contributed by atoms with E-state index < -0.39 is 30.6 Å². The highest BCUT2D eigenvalue weighted by molar-refractivity contribution is 5.89. The monoisotopic (exact) mass is 1100 g/mol. The van der Waals surface area contributed by atoms with Crippen molar-refractivity contribution in [3.63, 3.8) is 0 Å². The summed E-state index contributed by atoms with van der Waals surface area (Å²) in [6, 6.07) is -2.69. The molecule has 0 unspecified atom stereocenters. The number of Topliss-reactive ketones (excluding diaryl/α,β-unsaturated/α-hetero) is 2. The van der Waals surface area contributed by atoms with Crippen LogP contribution < -0.4 is 43.4 Å². The lowest BCUT2D eigenvalue weighted by Crippen LogP contribution is -2.50. The van der Waals surface area contributed by atoms with Crippen molar-refractivity contribution < 1.29 is 67.1 Å². The second kappa shape index (κ2) is 51.0. The lowest BCUT2D eigenvalue weighted by atomic mass is 10.0. The average molecular weight is 1100 g/mol. The third-order valence-electron chi connectivity index (χ3n) is 12.1. The Hall–Kier alpha value is -4.50. The lowest BCUT2D eigenvalue weighted by Gasteiger charge is -2.20. The number of unbranched alkanes of at least 4 members (excludes halogenated alkanes) is 15. The number of nitrogens with one attached hydrogen (secondary N) is 7. The van der Waals surface area contributed by atoms with Crippen molar-refractivity contribution in [3.8, 4) is 0 Å². The molecule has 444 valence electrons. The molecule has 0 fully saturated rings. The number of carbonyl (C=O) groups is 7. The van der Waals surface area contributed by atoms with Crippen molar-refractivity contribution in [1.82, 2.24) is 41.9 Å². The zero-order valence-corrected chi connectivity index (χ0v) is 46.3. The average Bonchev–Trinajstić information content (AvgIpc) is 3.93. The van der Waals surface area contributed by atoms with E-state index in [0.29, 0.717) is 57.7 Å². The second-order valence-electron chi connectivity index (χ2n) is 18.9. The summed E-state index contributed by atoms with van der Waals surface area (Å²) >= 11 is 0. The first-order valence-electron chi connectivity index (χ1n) is 28.1. The molecule has 0 spiro atoms. The van der Waals surface area contributed by atoms with Crippen LogP contribution in [0, 0.1) is 0 Å². The summed E-state index contributed by atoms with van der Waals surface area (Å²) in [5.74, 6) is -2.35. The summed E-state index contributed by atoms with van der Waals surface area (Å²) in [6.45, 7) is 4.30. The van der Waals surface area contributed by atoms with Crippen LogP contribution in [0.4, 0.5) is 0 Å². The molecular weight excluding hydrogens is 1000 g/mol. The molecule has 77 heavy (non-hydrogen) atoms. The highest BCUT2D eigenvalue weighted by atomic mass is 16.5. The van der Waals surface area contributed by atoms with E-state index in [0.717, 1.165) is 12.8 Å². The summed E-state index contributed by atoms with van der Waals surface area (Å²) in [6.07, 6.45) is 24.6. The second-order valence-corrected chi connectivity index (χ2v) is 18.9. The zero-order chi connectivity index (χ0) is 56.2. The van der Waals surface area contributed by atoms with Gasteiger partial charge in [-0.3, -0.25) is 38.9 Å². The van der Waals surface area contributed by atoms with Crippen LogP contribution in [-0.4, -0.2) is 199 Å². The molecule has 1 heterocycles. The van der Waals surface area contributed by atoms with Gasteiger partial charge >= 0.3 is 0 Å². The Balaban J connectivity index is 1.93. The molecule has 0 aliphatic heterocycles. The fourth-order valence-corrected chi connectivity index (χ4v) is 7.62. The Morgan fingerprint density at radius 2 is 0.961 bits per heavy atom. The smallest absolute Gasteiger partial charge is 0.246 e. The topological polar surface area (TPSA) is 348 Å². The minimum Gasteiger partial charge on any atom is -0.394 e. The number of aliphatic hydroxyl groups is 1. The molecule has 0 saturated carbocycles. The van der Waals surface area contributed by atoms with Gasteiger partial charge in [0.15, 0.2) is 11.6 Å². The van der Waals surface area contributed by atoms with E-state index in [-0.39, 0.29) is 134 Å². The largest absolute Gasteiger partial charge is 0.394 e. The van der Waals surface area contributed by atoms with Gasteiger partial charge in [-0.05, 0) is 25.7 Å². The Bertz CT molecular complexity index is 1670. The molecule has 5 amide bonds. The van der Waals surface area contributed by atoms with Gasteiger partial charge in [-0.1, -0.05) is 96.8 Å². The number of primary amides is 1. The number of imidazole rings is 1. The SMILES string of the molecule is CCCCCCCCCCCCCCCCCC(=O)NCCOCCOCC(=O)NCCOCCOCC(=O)NCCOCCOCC(=O)NCCCC[C@H](NCC(=O)[C@@H](N)Cc1cnc[nH]1)C(=O)CN[C@@H](CO)C(N)=O. The molecule has 0 radical (unpaired) electrons. The number of carbonyl (C=O) groups excluding carboxylic acids is 7. The van der Waals surface area contributed by atoms with Crippen LogP contribution >= 0.6 is 0 Å². The number of hydrogen-bond acceptors (Lipinski definition) is 18. The lowest BCUT2D eigenvalue weighted by molar-refractivity contribution is -0.128. The Kier molecular flexibility index (Phi) is 46.7. The molecule has 3 atom stereocenters. The first kappa shape index (κ1) is 70.5. The van der Waals surface area contributed by atoms with Crippen molar-refractivity contribution in [2.24, 2.45) is 11.5 Å². The van der Waals surface area contributed by atoms with Gasteiger partial charge in [0.1, 0.15) is 25.9 Å². The normalized spacial score (nSPS) is 12.5. The van der Waals surface area contributed by atoms with Crippen molar-refractivity contribution in [1.29, 1.82) is 0 Å².